The molecule has 4 rings (SSSR count). The van der Waals surface area contributed by atoms with Crippen LogP contribution in [0.15, 0.2) is 24.3 Å². The van der Waals surface area contributed by atoms with Crippen LogP contribution in [-0.4, -0.2) is 71.1 Å². The van der Waals surface area contributed by atoms with Gasteiger partial charge in [-0.05, 0) is 46.5 Å². The van der Waals surface area contributed by atoms with Crippen molar-refractivity contribution in [1.29, 1.82) is 0 Å². The van der Waals surface area contributed by atoms with Crippen molar-refractivity contribution in [2.75, 3.05) is 32.7 Å². The molecular formula is C31H39N3O9. The van der Waals surface area contributed by atoms with E-state index in [0.717, 1.165) is 27.9 Å². The molecule has 0 aromatic heterocycles. The van der Waals surface area contributed by atoms with Gasteiger partial charge in [-0.15, -0.1) is 0 Å². The van der Waals surface area contributed by atoms with E-state index in [1.807, 2.05) is 24.3 Å². The number of fused-ring (bicyclic) bond motifs is 2. The minimum absolute atomic E-state index is 0.0387. The average Bonchev–Trinajstić information content (AvgIpc) is 3.59. The van der Waals surface area contributed by atoms with Gasteiger partial charge in [0.25, 0.3) is 0 Å². The van der Waals surface area contributed by atoms with Crippen LogP contribution in [0, 0.1) is 11.8 Å². The lowest BCUT2D eigenvalue weighted by molar-refractivity contribution is -0.145. The summed E-state index contributed by atoms with van der Waals surface area (Å²) in [6.07, 6.45) is 0.491. The molecule has 0 saturated heterocycles. The van der Waals surface area contributed by atoms with E-state index in [2.05, 4.69) is 5.32 Å². The second kappa shape index (κ2) is 13.7. The Balaban J connectivity index is 1.30. The van der Waals surface area contributed by atoms with Gasteiger partial charge >= 0.3 is 11.9 Å². The first-order valence-electron chi connectivity index (χ1n) is 14.3. The van der Waals surface area contributed by atoms with Crippen LogP contribution in [0.4, 0.5) is 5.69 Å². The molecule has 2 amide bonds. The number of carbonyl (C=O) groups is 4. The van der Waals surface area contributed by atoms with Crippen molar-refractivity contribution in [2.24, 2.45) is 11.8 Å². The minimum Gasteiger partial charge on any atom is -0.493 e. The van der Waals surface area contributed by atoms with Gasteiger partial charge in [-0.2, -0.15) is 0 Å². The summed E-state index contributed by atoms with van der Waals surface area (Å²) < 4.78 is 17.6. The van der Waals surface area contributed by atoms with Gasteiger partial charge in [0.2, 0.25) is 11.8 Å². The number of nitrogens with one attached hydrogen (secondary N) is 1. The number of anilines is 1. The lowest BCUT2D eigenvalue weighted by Gasteiger charge is -2.16. The fraction of sp³-hybridized carbons (Fsp3) is 0.484. The molecular weight excluding hydrogens is 558 g/mol. The van der Waals surface area contributed by atoms with E-state index in [1.54, 1.807) is 24.0 Å². The molecule has 232 valence electrons. The van der Waals surface area contributed by atoms with Crippen LogP contribution < -0.4 is 19.5 Å². The highest BCUT2D eigenvalue weighted by atomic mass is 16.5. The van der Waals surface area contributed by atoms with Gasteiger partial charge in [-0.25, -0.2) is 0 Å². The number of aliphatic carboxylic acids is 2. The molecule has 12 heteroatoms. The fourth-order valence-corrected chi connectivity index (χ4v) is 5.15. The number of amides is 2. The molecule has 0 saturated carbocycles. The predicted molar refractivity (Wildman–Crippen MR) is 156 cm³/mol. The molecule has 2 atom stereocenters. The standard InChI is InChI=1S/C31H39N3O9/c1-18(30(37)38)8-28(35)33-14-20-10-24(32-3)25(11-21(20)15-33)42-6-5-7-43-27-13-23-17-34(16-22(23)12-26(27)41-4)29(36)9-19(2)31(39)40/h10-13,18-19,32H,5-9,14-17H2,1-4H3,(H,37,38)(H,39,40). The summed E-state index contributed by atoms with van der Waals surface area (Å²) in [5.74, 6) is -2.08. The molecule has 0 bridgehead atoms. The lowest BCUT2D eigenvalue weighted by Crippen LogP contribution is -2.28. The van der Waals surface area contributed by atoms with Crippen molar-refractivity contribution in [3.05, 3.63) is 46.5 Å². The Hall–Kier alpha value is -4.48. The zero-order valence-electron chi connectivity index (χ0n) is 25.0. The fourth-order valence-electron chi connectivity index (χ4n) is 5.15. The molecule has 0 aliphatic carbocycles. The summed E-state index contributed by atoms with van der Waals surface area (Å²) in [6.45, 7) is 5.41. The summed E-state index contributed by atoms with van der Waals surface area (Å²) in [4.78, 5) is 50.8. The van der Waals surface area contributed by atoms with E-state index in [4.69, 9.17) is 24.4 Å². The molecule has 2 aliphatic rings. The van der Waals surface area contributed by atoms with Gasteiger partial charge in [-0.3, -0.25) is 19.2 Å². The van der Waals surface area contributed by atoms with Crippen molar-refractivity contribution in [3.8, 4) is 17.2 Å². The number of hydrogen-bond acceptors (Lipinski definition) is 8. The van der Waals surface area contributed by atoms with Crippen LogP contribution >= 0.6 is 0 Å². The molecule has 2 heterocycles. The van der Waals surface area contributed by atoms with Crippen LogP contribution in [0.5, 0.6) is 17.2 Å². The van der Waals surface area contributed by atoms with E-state index in [0.29, 0.717) is 63.1 Å². The first-order chi connectivity index (χ1) is 20.5. The highest BCUT2D eigenvalue weighted by Gasteiger charge is 2.29. The van der Waals surface area contributed by atoms with Gasteiger partial charge < -0.3 is 39.5 Å². The first kappa shape index (κ1) is 31.5. The summed E-state index contributed by atoms with van der Waals surface area (Å²) in [7, 11) is 3.35. The molecule has 0 spiro atoms. The molecule has 2 aliphatic heterocycles. The Morgan fingerprint density at radius 1 is 0.744 bits per heavy atom. The molecule has 2 aromatic rings. The number of carbonyl (C=O) groups excluding carboxylic acids is 2. The number of carboxylic acids is 2. The van der Waals surface area contributed by atoms with Crippen molar-refractivity contribution in [2.45, 2.75) is 59.3 Å². The third kappa shape index (κ3) is 7.49. The summed E-state index contributed by atoms with van der Waals surface area (Å²) in [5.41, 5.74) is 4.64. The smallest absolute Gasteiger partial charge is 0.306 e. The maximum Gasteiger partial charge on any atom is 0.306 e. The Morgan fingerprint density at radius 2 is 1.16 bits per heavy atom. The third-order valence-electron chi connectivity index (χ3n) is 7.82. The van der Waals surface area contributed by atoms with Gasteiger partial charge in [0.15, 0.2) is 11.5 Å². The highest BCUT2D eigenvalue weighted by Crippen LogP contribution is 2.36. The molecule has 43 heavy (non-hydrogen) atoms. The predicted octanol–water partition coefficient (Wildman–Crippen LogP) is 3.49. The Kier molecular flexibility index (Phi) is 9.99. The topological polar surface area (TPSA) is 155 Å². The molecule has 12 nitrogen and oxygen atoms in total. The first-order valence-corrected chi connectivity index (χ1v) is 14.3. The maximum atomic E-state index is 12.6. The van der Waals surface area contributed by atoms with Crippen molar-refractivity contribution in [3.63, 3.8) is 0 Å². The number of methoxy groups -OCH3 is 1. The average molecular weight is 598 g/mol. The largest absolute Gasteiger partial charge is 0.493 e. The van der Waals surface area contributed by atoms with Gasteiger partial charge in [-0.1, -0.05) is 13.8 Å². The second-order valence-electron chi connectivity index (χ2n) is 11.1. The molecule has 3 N–H and O–H groups in total. The number of hydrogen-bond donors (Lipinski definition) is 3. The summed E-state index contributed by atoms with van der Waals surface area (Å²) in [6, 6.07) is 7.60. The van der Waals surface area contributed by atoms with Crippen LogP contribution in [0.3, 0.4) is 0 Å². The number of carboxylic acid groups (broad SMARTS) is 2. The summed E-state index contributed by atoms with van der Waals surface area (Å²) >= 11 is 0. The van der Waals surface area contributed by atoms with E-state index >= 15 is 0 Å². The van der Waals surface area contributed by atoms with Crippen LogP contribution in [0.1, 0.15) is 55.4 Å². The highest BCUT2D eigenvalue weighted by molar-refractivity contribution is 5.83. The van der Waals surface area contributed by atoms with Gasteiger partial charge in [0.05, 0.1) is 37.8 Å². The number of nitrogens with zero attached hydrogens (tertiary/aromatic N) is 2. The van der Waals surface area contributed by atoms with Crippen molar-refractivity contribution in [1.82, 2.24) is 9.80 Å². The Bertz CT molecular complexity index is 1290. The second-order valence-corrected chi connectivity index (χ2v) is 11.1. The Labute approximate surface area is 250 Å². The number of benzene rings is 2. The van der Waals surface area contributed by atoms with E-state index in [1.165, 1.54) is 13.8 Å². The third-order valence-corrected chi connectivity index (χ3v) is 7.82. The zero-order chi connectivity index (χ0) is 31.3. The number of rotatable bonds is 14. The normalized spacial score (nSPS) is 14.9. The van der Waals surface area contributed by atoms with Crippen LogP contribution in [-0.2, 0) is 45.4 Å². The molecule has 0 radical (unpaired) electrons. The van der Waals surface area contributed by atoms with Crippen molar-refractivity contribution < 1.29 is 43.6 Å². The lowest BCUT2D eigenvalue weighted by atomic mass is 10.1. The van der Waals surface area contributed by atoms with E-state index in [9.17, 15) is 19.2 Å². The van der Waals surface area contributed by atoms with Gasteiger partial charge in [0.1, 0.15) is 5.75 Å². The van der Waals surface area contributed by atoms with E-state index < -0.39 is 23.8 Å². The van der Waals surface area contributed by atoms with Crippen molar-refractivity contribution >= 4 is 29.4 Å². The molecule has 0 fully saturated rings. The SMILES string of the molecule is CNc1cc2c(cc1OCCCOc1cc3c(cc1OC)CN(C(=O)CC(C)C(=O)O)C3)CN(C(=O)CC(C)C(=O)O)C2. The summed E-state index contributed by atoms with van der Waals surface area (Å²) in [5, 5.41) is 21.4. The monoisotopic (exact) mass is 597 g/mol. The minimum atomic E-state index is -0.993. The zero-order valence-corrected chi connectivity index (χ0v) is 25.0. The van der Waals surface area contributed by atoms with E-state index in [-0.39, 0.29) is 24.7 Å². The van der Waals surface area contributed by atoms with Crippen LogP contribution in [0.25, 0.3) is 0 Å². The van der Waals surface area contributed by atoms with Gasteiger partial charge in [0, 0.05) is 52.5 Å². The van der Waals surface area contributed by atoms with Crippen LogP contribution in [0.2, 0.25) is 0 Å². The quantitative estimate of drug-likeness (QED) is 0.276. The number of ether oxygens (including phenoxy) is 3. The Morgan fingerprint density at radius 3 is 1.60 bits per heavy atom. The molecule has 2 unspecified atom stereocenters. The molecule has 2 aromatic carbocycles. The maximum absolute atomic E-state index is 12.6.